The summed E-state index contributed by atoms with van der Waals surface area (Å²) in [6.07, 6.45) is 0. The second kappa shape index (κ2) is 5.82. The van der Waals surface area contributed by atoms with Gasteiger partial charge in [-0.2, -0.15) is 0 Å². The number of rotatable bonds is 3. The number of carbonyl (C=O) groups excluding carboxylic acids is 1. The Kier molecular flexibility index (Phi) is 3.88. The Morgan fingerprint density at radius 1 is 1.14 bits per heavy atom. The molecule has 3 nitrogen and oxygen atoms in total. The second-order valence-electron chi connectivity index (χ2n) is 5.14. The third-order valence-corrected chi connectivity index (χ3v) is 5.01. The van der Waals surface area contributed by atoms with Crippen molar-refractivity contribution >= 4 is 17.7 Å². The molecule has 1 aliphatic rings. The van der Waals surface area contributed by atoms with E-state index >= 15 is 0 Å². The maximum Gasteiger partial charge on any atom is 0.234 e. The fourth-order valence-electron chi connectivity index (χ4n) is 2.64. The number of hydrogen-bond acceptors (Lipinski definition) is 3. The first-order valence-corrected chi connectivity index (χ1v) is 7.98. The molecule has 21 heavy (non-hydrogen) atoms. The fourth-order valence-corrected chi connectivity index (χ4v) is 3.90. The van der Waals surface area contributed by atoms with Crippen LogP contribution >= 0.6 is 11.8 Å². The summed E-state index contributed by atoms with van der Waals surface area (Å²) in [6.45, 7) is 2.06. The average Bonchev–Trinajstić information content (AvgIpc) is 2.90. The minimum atomic E-state index is 0.00769. The standard InChI is InChI=1S/C17H17NO2S/c1-12(13-5-3-2-4-6-13)18-16(20)11-21-17(18)14-7-9-15(19)10-8-14/h2-10,12,17,19H,11H2,1H3/t12-,17-/m0/s1. The molecule has 2 atom stereocenters. The van der Waals surface area contributed by atoms with Crippen molar-refractivity contribution < 1.29 is 9.90 Å². The van der Waals surface area contributed by atoms with E-state index in [0.717, 1.165) is 11.1 Å². The summed E-state index contributed by atoms with van der Waals surface area (Å²) in [5.74, 6) is 0.910. The number of nitrogens with zero attached hydrogens (tertiary/aromatic N) is 1. The lowest BCUT2D eigenvalue weighted by molar-refractivity contribution is -0.130. The molecule has 0 bridgehead atoms. The highest BCUT2D eigenvalue weighted by Gasteiger charge is 2.36. The molecule has 1 saturated heterocycles. The summed E-state index contributed by atoms with van der Waals surface area (Å²) >= 11 is 1.64. The van der Waals surface area contributed by atoms with E-state index in [4.69, 9.17) is 0 Å². The minimum Gasteiger partial charge on any atom is -0.508 e. The van der Waals surface area contributed by atoms with Crippen LogP contribution in [0.1, 0.15) is 29.5 Å². The Morgan fingerprint density at radius 3 is 2.48 bits per heavy atom. The molecule has 2 aromatic carbocycles. The Balaban J connectivity index is 1.91. The third-order valence-electron chi connectivity index (χ3n) is 3.78. The average molecular weight is 299 g/mol. The summed E-state index contributed by atoms with van der Waals surface area (Å²) in [5.41, 5.74) is 2.18. The van der Waals surface area contributed by atoms with Gasteiger partial charge in [-0.25, -0.2) is 0 Å². The van der Waals surface area contributed by atoms with Gasteiger partial charge in [0.15, 0.2) is 0 Å². The van der Waals surface area contributed by atoms with Crippen LogP contribution in [0.15, 0.2) is 54.6 Å². The van der Waals surface area contributed by atoms with E-state index in [1.165, 1.54) is 0 Å². The quantitative estimate of drug-likeness (QED) is 0.939. The maximum absolute atomic E-state index is 12.3. The third kappa shape index (κ3) is 2.76. The van der Waals surface area contributed by atoms with Crippen molar-refractivity contribution in [1.82, 2.24) is 4.90 Å². The van der Waals surface area contributed by atoms with Gasteiger partial charge in [0.25, 0.3) is 0 Å². The molecule has 2 aromatic rings. The zero-order valence-corrected chi connectivity index (χ0v) is 12.6. The number of hydrogen-bond donors (Lipinski definition) is 1. The SMILES string of the molecule is C[C@@H](c1ccccc1)N1C(=O)CS[C@H]1c1ccc(O)cc1. The van der Waals surface area contributed by atoms with Crippen molar-refractivity contribution in [3.8, 4) is 5.75 Å². The molecule has 1 amide bonds. The number of benzene rings is 2. The van der Waals surface area contributed by atoms with E-state index in [1.54, 1.807) is 23.9 Å². The molecular weight excluding hydrogens is 282 g/mol. The number of carbonyl (C=O) groups is 1. The smallest absolute Gasteiger partial charge is 0.234 e. The Labute approximate surface area is 128 Å². The summed E-state index contributed by atoms with van der Waals surface area (Å²) < 4.78 is 0. The number of phenols is 1. The molecule has 0 unspecified atom stereocenters. The molecule has 0 saturated carbocycles. The highest BCUT2D eigenvalue weighted by atomic mass is 32.2. The molecule has 0 spiro atoms. The molecule has 0 aliphatic carbocycles. The predicted molar refractivity (Wildman–Crippen MR) is 85.0 cm³/mol. The van der Waals surface area contributed by atoms with Crippen LogP contribution in [-0.4, -0.2) is 21.7 Å². The van der Waals surface area contributed by atoms with Crippen LogP contribution in [0.5, 0.6) is 5.75 Å². The molecule has 3 rings (SSSR count). The van der Waals surface area contributed by atoms with Crippen LogP contribution in [0, 0.1) is 0 Å². The summed E-state index contributed by atoms with van der Waals surface area (Å²) in [7, 11) is 0. The van der Waals surface area contributed by atoms with Crippen molar-refractivity contribution in [2.24, 2.45) is 0 Å². The van der Waals surface area contributed by atoms with Crippen molar-refractivity contribution in [3.63, 3.8) is 0 Å². The van der Waals surface area contributed by atoms with Gasteiger partial charge in [-0.05, 0) is 30.2 Å². The lowest BCUT2D eigenvalue weighted by atomic mass is 10.1. The van der Waals surface area contributed by atoms with Gasteiger partial charge in [-0.1, -0.05) is 42.5 Å². The van der Waals surface area contributed by atoms with E-state index in [9.17, 15) is 9.90 Å². The van der Waals surface area contributed by atoms with E-state index in [-0.39, 0.29) is 23.1 Å². The van der Waals surface area contributed by atoms with Gasteiger partial charge in [0, 0.05) is 0 Å². The zero-order chi connectivity index (χ0) is 14.8. The van der Waals surface area contributed by atoms with Crippen molar-refractivity contribution in [3.05, 3.63) is 65.7 Å². The number of aromatic hydroxyl groups is 1. The summed E-state index contributed by atoms with van der Waals surface area (Å²) in [5, 5.41) is 9.42. The van der Waals surface area contributed by atoms with Crippen LogP contribution < -0.4 is 0 Å². The first kappa shape index (κ1) is 14.0. The molecule has 4 heteroatoms. The Bertz CT molecular complexity index is 627. The molecule has 0 radical (unpaired) electrons. The van der Waals surface area contributed by atoms with Crippen LogP contribution in [0.2, 0.25) is 0 Å². The van der Waals surface area contributed by atoms with E-state index in [2.05, 4.69) is 19.1 Å². The van der Waals surface area contributed by atoms with Gasteiger partial charge >= 0.3 is 0 Å². The lowest BCUT2D eigenvalue weighted by Crippen LogP contribution is -2.31. The van der Waals surface area contributed by atoms with Crippen LogP contribution in [0.4, 0.5) is 0 Å². The molecular formula is C17H17NO2S. The van der Waals surface area contributed by atoms with Crippen LogP contribution in [0.25, 0.3) is 0 Å². The Hall–Kier alpha value is -1.94. The normalized spacial score (nSPS) is 19.8. The minimum absolute atomic E-state index is 0.00769. The fraction of sp³-hybridized carbons (Fsp3) is 0.235. The number of thioether (sulfide) groups is 1. The summed E-state index contributed by atoms with van der Waals surface area (Å²) in [4.78, 5) is 14.2. The van der Waals surface area contributed by atoms with E-state index in [0.29, 0.717) is 5.75 Å². The van der Waals surface area contributed by atoms with E-state index < -0.39 is 0 Å². The molecule has 1 heterocycles. The zero-order valence-electron chi connectivity index (χ0n) is 11.8. The number of amides is 1. The topological polar surface area (TPSA) is 40.5 Å². The Morgan fingerprint density at radius 2 is 1.81 bits per heavy atom. The molecule has 1 N–H and O–H groups in total. The van der Waals surface area contributed by atoms with Crippen LogP contribution in [-0.2, 0) is 4.79 Å². The largest absolute Gasteiger partial charge is 0.508 e. The lowest BCUT2D eigenvalue weighted by Gasteiger charge is -2.30. The highest BCUT2D eigenvalue weighted by molar-refractivity contribution is 8.00. The van der Waals surface area contributed by atoms with E-state index in [1.807, 2.05) is 35.2 Å². The van der Waals surface area contributed by atoms with Gasteiger partial charge in [0.05, 0.1) is 11.8 Å². The second-order valence-corrected chi connectivity index (χ2v) is 6.21. The molecule has 1 aliphatic heterocycles. The van der Waals surface area contributed by atoms with Crippen molar-refractivity contribution in [1.29, 1.82) is 0 Å². The van der Waals surface area contributed by atoms with Crippen molar-refractivity contribution in [2.75, 3.05) is 5.75 Å². The molecule has 0 aromatic heterocycles. The van der Waals surface area contributed by atoms with Gasteiger partial charge in [0.1, 0.15) is 11.1 Å². The molecule has 108 valence electrons. The van der Waals surface area contributed by atoms with Gasteiger partial charge in [0.2, 0.25) is 5.91 Å². The molecule has 1 fully saturated rings. The predicted octanol–water partition coefficient (Wildman–Crippen LogP) is 3.73. The van der Waals surface area contributed by atoms with Gasteiger partial charge < -0.3 is 10.0 Å². The maximum atomic E-state index is 12.3. The van der Waals surface area contributed by atoms with Crippen LogP contribution in [0.3, 0.4) is 0 Å². The highest BCUT2D eigenvalue weighted by Crippen LogP contribution is 2.43. The van der Waals surface area contributed by atoms with Gasteiger partial charge in [-0.3, -0.25) is 4.79 Å². The van der Waals surface area contributed by atoms with Crippen molar-refractivity contribution in [2.45, 2.75) is 18.3 Å². The first-order valence-electron chi connectivity index (χ1n) is 6.93. The van der Waals surface area contributed by atoms with Gasteiger partial charge in [-0.15, -0.1) is 11.8 Å². The monoisotopic (exact) mass is 299 g/mol. The first-order chi connectivity index (χ1) is 10.2. The summed E-state index contributed by atoms with van der Waals surface area (Å²) in [6, 6.07) is 17.2. The number of phenolic OH excluding ortho intramolecular Hbond substituents is 1.